The van der Waals surface area contributed by atoms with Gasteiger partial charge in [0, 0.05) is 51.0 Å². The summed E-state index contributed by atoms with van der Waals surface area (Å²) in [6, 6.07) is 8.56. The Bertz CT molecular complexity index is 1360. The highest BCUT2D eigenvalue weighted by atomic mass is 16.5. The summed E-state index contributed by atoms with van der Waals surface area (Å²) in [5.74, 6) is 7.36. The van der Waals surface area contributed by atoms with Gasteiger partial charge in [-0.2, -0.15) is 10.2 Å². The molecule has 0 saturated heterocycles. The van der Waals surface area contributed by atoms with E-state index in [4.69, 9.17) is 10.00 Å². The summed E-state index contributed by atoms with van der Waals surface area (Å²) < 4.78 is 5.17. The summed E-state index contributed by atoms with van der Waals surface area (Å²) in [5, 5.41) is 18.6. The zero-order chi connectivity index (χ0) is 31.2. The van der Waals surface area contributed by atoms with Crippen LogP contribution in [0.2, 0.25) is 0 Å². The lowest BCUT2D eigenvalue weighted by molar-refractivity contribution is -0.135. The van der Waals surface area contributed by atoms with E-state index in [9.17, 15) is 9.59 Å². The molecule has 11 heteroatoms. The molecule has 1 aliphatic rings. The van der Waals surface area contributed by atoms with Crippen molar-refractivity contribution >= 4 is 29.3 Å². The minimum Gasteiger partial charge on any atom is -0.383 e. The third-order valence-electron chi connectivity index (χ3n) is 7.13. The highest BCUT2D eigenvalue weighted by molar-refractivity contribution is 5.92. The van der Waals surface area contributed by atoms with Gasteiger partial charge in [-0.05, 0) is 64.5 Å². The van der Waals surface area contributed by atoms with Gasteiger partial charge >= 0.3 is 0 Å². The van der Waals surface area contributed by atoms with Gasteiger partial charge in [-0.1, -0.05) is 24.3 Å². The molecule has 1 fully saturated rings. The SMILES string of the molecule is COCCNc1nc(Nc2ccc(C#N)cc2)ncc1C#C[C@@H]1CCC[C@H](NC(=O)[C@H](C)N(C)C(=O)/C=C/CN(C)C)C1. The second-order valence-electron chi connectivity index (χ2n) is 10.8. The number of benzene rings is 1. The number of hydrogen-bond acceptors (Lipinski definition) is 9. The number of likely N-dealkylation sites (N-methyl/N-ethyl adjacent to an activating group) is 2. The van der Waals surface area contributed by atoms with Crippen LogP contribution in [0.3, 0.4) is 0 Å². The van der Waals surface area contributed by atoms with E-state index in [-0.39, 0.29) is 23.8 Å². The lowest BCUT2D eigenvalue weighted by atomic mass is 9.86. The molecular weight excluding hydrogens is 544 g/mol. The van der Waals surface area contributed by atoms with Crippen LogP contribution in [0, 0.1) is 29.1 Å². The van der Waals surface area contributed by atoms with Crippen LogP contribution in [-0.4, -0.2) is 91.6 Å². The summed E-state index contributed by atoms with van der Waals surface area (Å²) in [6.07, 6.45) is 8.48. The quantitative estimate of drug-likeness (QED) is 0.195. The molecule has 0 aliphatic heterocycles. The number of ether oxygens (including phenoxy) is 1. The molecule has 0 radical (unpaired) electrons. The Morgan fingerprint density at radius 2 is 1.98 bits per heavy atom. The number of rotatable bonds is 12. The van der Waals surface area contributed by atoms with Gasteiger partial charge in [-0.15, -0.1) is 0 Å². The van der Waals surface area contributed by atoms with Crippen molar-refractivity contribution in [3.05, 3.63) is 53.7 Å². The summed E-state index contributed by atoms with van der Waals surface area (Å²) in [4.78, 5) is 37.9. The largest absolute Gasteiger partial charge is 0.383 e. The molecule has 1 aromatic heterocycles. The van der Waals surface area contributed by atoms with Crippen LogP contribution in [0.4, 0.5) is 17.5 Å². The molecule has 3 N–H and O–H groups in total. The summed E-state index contributed by atoms with van der Waals surface area (Å²) in [5.41, 5.74) is 2.01. The fraction of sp³-hybridized carbons (Fsp3) is 0.469. The van der Waals surface area contributed by atoms with Crippen molar-refractivity contribution in [3.8, 4) is 17.9 Å². The molecular formula is C32H42N8O3. The molecule has 11 nitrogen and oxygen atoms in total. The van der Waals surface area contributed by atoms with Gasteiger partial charge in [-0.25, -0.2) is 4.98 Å². The van der Waals surface area contributed by atoms with Crippen molar-refractivity contribution in [3.63, 3.8) is 0 Å². The van der Waals surface area contributed by atoms with E-state index in [0.717, 1.165) is 31.4 Å². The van der Waals surface area contributed by atoms with Gasteiger partial charge in [0.1, 0.15) is 11.9 Å². The normalized spacial score (nSPS) is 17.0. The number of hydrogen-bond donors (Lipinski definition) is 3. The van der Waals surface area contributed by atoms with Crippen LogP contribution in [-0.2, 0) is 14.3 Å². The molecule has 1 aromatic carbocycles. The predicted molar refractivity (Wildman–Crippen MR) is 168 cm³/mol. The van der Waals surface area contributed by atoms with Gasteiger partial charge in [0.25, 0.3) is 0 Å². The van der Waals surface area contributed by atoms with E-state index in [1.807, 2.05) is 19.0 Å². The zero-order valence-electron chi connectivity index (χ0n) is 25.7. The molecule has 228 valence electrons. The predicted octanol–water partition coefficient (Wildman–Crippen LogP) is 3.14. The molecule has 1 aliphatic carbocycles. The first-order valence-corrected chi connectivity index (χ1v) is 14.5. The van der Waals surface area contributed by atoms with Crippen LogP contribution in [0.25, 0.3) is 0 Å². The number of nitriles is 1. The monoisotopic (exact) mass is 586 g/mol. The average molecular weight is 587 g/mol. The standard InChI is InChI=1S/C32H42N8O3/c1-23(40(4)29(41)10-7-18-39(2)3)31(42)36-28-9-6-8-24(20-28)11-14-26-22-35-32(38-30(26)34-17-19-43-5)37-27-15-12-25(21-33)13-16-27/h7,10,12-13,15-16,22-24,28H,6,8-9,17-20H2,1-5H3,(H,36,42)(H2,34,35,37,38)/b10-7+/t23-,24-,28-/m0/s1. The number of nitrogens with one attached hydrogen (secondary N) is 3. The Morgan fingerprint density at radius 3 is 2.67 bits per heavy atom. The lowest BCUT2D eigenvalue weighted by Gasteiger charge is -2.30. The highest BCUT2D eigenvalue weighted by Crippen LogP contribution is 2.25. The molecule has 0 spiro atoms. The molecule has 1 heterocycles. The van der Waals surface area contributed by atoms with Gasteiger partial charge < -0.3 is 30.5 Å². The molecule has 0 bridgehead atoms. The number of amides is 2. The van der Waals surface area contributed by atoms with E-state index >= 15 is 0 Å². The smallest absolute Gasteiger partial charge is 0.246 e. The Kier molecular flexibility index (Phi) is 13.0. The Hall–Kier alpha value is -4.45. The second kappa shape index (κ2) is 16.9. The van der Waals surface area contributed by atoms with Crippen LogP contribution in [0.15, 0.2) is 42.6 Å². The third kappa shape index (κ3) is 10.7. The maximum atomic E-state index is 13.0. The first kappa shape index (κ1) is 33.1. The summed E-state index contributed by atoms with van der Waals surface area (Å²) in [7, 11) is 7.14. The van der Waals surface area contributed by atoms with Crippen LogP contribution in [0.5, 0.6) is 0 Å². The van der Waals surface area contributed by atoms with E-state index in [2.05, 4.69) is 43.8 Å². The van der Waals surface area contributed by atoms with Gasteiger partial charge in [-0.3, -0.25) is 9.59 Å². The minimum absolute atomic E-state index is 0.00895. The Balaban J connectivity index is 1.64. The van der Waals surface area contributed by atoms with Crippen LogP contribution >= 0.6 is 0 Å². The summed E-state index contributed by atoms with van der Waals surface area (Å²) >= 11 is 0. The Labute approximate surface area is 254 Å². The van der Waals surface area contributed by atoms with Crippen molar-refractivity contribution in [1.82, 2.24) is 25.1 Å². The van der Waals surface area contributed by atoms with E-state index in [0.29, 0.717) is 42.6 Å². The molecule has 43 heavy (non-hydrogen) atoms. The molecule has 3 atom stereocenters. The molecule has 1 saturated carbocycles. The van der Waals surface area contributed by atoms with Gasteiger partial charge in [0.05, 0.1) is 30.0 Å². The van der Waals surface area contributed by atoms with Crippen molar-refractivity contribution in [2.45, 2.75) is 44.7 Å². The summed E-state index contributed by atoms with van der Waals surface area (Å²) in [6.45, 7) is 3.45. The zero-order valence-corrected chi connectivity index (χ0v) is 25.7. The topological polar surface area (TPSA) is 136 Å². The Morgan fingerprint density at radius 1 is 1.21 bits per heavy atom. The third-order valence-corrected chi connectivity index (χ3v) is 7.13. The minimum atomic E-state index is -0.586. The van der Waals surface area contributed by atoms with Gasteiger partial charge in [0.2, 0.25) is 17.8 Å². The fourth-order valence-electron chi connectivity index (χ4n) is 4.50. The highest BCUT2D eigenvalue weighted by Gasteiger charge is 2.26. The number of anilines is 3. The number of nitrogens with zero attached hydrogens (tertiary/aromatic N) is 5. The molecule has 0 unspecified atom stereocenters. The van der Waals surface area contributed by atoms with Gasteiger partial charge in [0.15, 0.2) is 0 Å². The van der Waals surface area contributed by atoms with Crippen molar-refractivity contribution in [2.75, 3.05) is 58.6 Å². The van der Waals surface area contributed by atoms with Crippen LogP contribution < -0.4 is 16.0 Å². The van der Waals surface area contributed by atoms with Crippen molar-refractivity contribution in [2.24, 2.45) is 5.92 Å². The second-order valence-corrected chi connectivity index (χ2v) is 10.8. The average Bonchev–Trinajstić information content (AvgIpc) is 3.00. The maximum Gasteiger partial charge on any atom is 0.246 e. The van der Waals surface area contributed by atoms with E-state index < -0.39 is 6.04 Å². The van der Waals surface area contributed by atoms with Crippen molar-refractivity contribution < 1.29 is 14.3 Å². The van der Waals surface area contributed by atoms with Crippen molar-refractivity contribution in [1.29, 1.82) is 5.26 Å². The lowest BCUT2D eigenvalue weighted by Crippen LogP contribution is -2.49. The number of methoxy groups -OCH3 is 1. The molecule has 2 amide bonds. The maximum absolute atomic E-state index is 13.0. The number of carbonyl (C=O) groups is 2. The molecule has 3 rings (SSSR count). The molecule has 2 aromatic rings. The first-order valence-electron chi connectivity index (χ1n) is 14.5. The van der Waals surface area contributed by atoms with Crippen LogP contribution in [0.1, 0.15) is 43.7 Å². The first-order chi connectivity index (χ1) is 20.7. The van der Waals surface area contributed by atoms with E-state index in [1.54, 1.807) is 57.6 Å². The fourth-order valence-corrected chi connectivity index (χ4v) is 4.50. The number of carbonyl (C=O) groups excluding carboxylic acids is 2. The van der Waals surface area contributed by atoms with E-state index in [1.165, 1.54) is 11.0 Å². The number of aromatic nitrogens is 2.